The topological polar surface area (TPSA) is 21.3 Å². The van der Waals surface area contributed by atoms with E-state index in [0.717, 1.165) is 13.0 Å². The van der Waals surface area contributed by atoms with Crippen molar-refractivity contribution in [1.82, 2.24) is 5.32 Å². The summed E-state index contributed by atoms with van der Waals surface area (Å²) in [5.74, 6) is 0. The van der Waals surface area contributed by atoms with Gasteiger partial charge in [0.25, 0.3) is 0 Å². The van der Waals surface area contributed by atoms with Crippen LogP contribution in [0.4, 0.5) is 0 Å². The normalized spacial score (nSPS) is 20.6. The lowest BCUT2D eigenvalue weighted by Gasteiger charge is -2.29. The molecule has 0 bridgehead atoms. The molecule has 1 unspecified atom stereocenters. The van der Waals surface area contributed by atoms with Gasteiger partial charge in [-0.25, -0.2) is 0 Å². The second-order valence-electron chi connectivity index (χ2n) is 5.47. The summed E-state index contributed by atoms with van der Waals surface area (Å²) in [7, 11) is 0. The van der Waals surface area contributed by atoms with Crippen LogP contribution >= 0.6 is 0 Å². The molecule has 0 aromatic rings. The maximum atomic E-state index is 5.86. The Morgan fingerprint density at radius 2 is 2.00 bits per heavy atom. The smallest absolute Gasteiger partial charge is 0.0578 e. The van der Waals surface area contributed by atoms with Crippen LogP contribution in [0.15, 0.2) is 0 Å². The Hall–Kier alpha value is -0.0800. The van der Waals surface area contributed by atoms with Gasteiger partial charge in [-0.15, -0.1) is 0 Å². The van der Waals surface area contributed by atoms with Gasteiger partial charge in [-0.05, 0) is 59.9 Å². The maximum Gasteiger partial charge on any atom is 0.0578 e. The molecule has 2 heteroatoms. The fourth-order valence-electron chi connectivity index (χ4n) is 1.55. The highest BCUT2D eigenvalue weighted by Crippen LogP contribution is 2.23. The quantitative estimate of drug-likeness (QED) is 0.735. The lowest BCUT2D eigenvalue weighted by Crippen LogP contribution is -2.38. The Bertz CT molecular complexity index is 158. The molecule has 1 atom stereocenters. The second kappa shape index (κ2) is 5.13. The molecule has 0 amide bonds. The molecule has 0 radical (unpaired) electrons. The summed E-state index contributed by atoms with van der Waals surface area (Å²) in [6.45, 7) is 9.83. The highest BCUT2D eigenvalue weighted by atomic mass is 16.5. The van der Waals surface area contributed by atoms with Crippen LogP contribution in [-0.4, -0.2) is 24.3 Å². The second-order valence-corrected chi connectivity index (χ2v) is 5.47. The van der Waals surface area contributed by atoms with Crippen molar-refractivity contribution in [2.24, 2.45) is 0 Å². The third-order valence-electron chi connectivity index (χ3n) is 2.68. The van der Waals surface area contributed by atoms with Crippen molar-refractivity contribution >= 4 is 0 Å². The van der Waals surface area contributed by atoms with E-state index < -0.39 is 0 Å². The van der Waals surface area contributed by atoms with Crippen LogP contribution in [0.2, 0.25) is 0 Å². The monoisotopic (exact) mass is 199 g/mol. The first-order valence-electron chi connectivity index (χ1n) is 5.88. The summed E-state index contributed by atoms with van der Waals surface area (Å²) < 4.78 is 5.86. The van der Waals surface area contributed by atoms with Crippen molar-refractivity contribution in [2.45, 2.75) is 71.1 Å². The van der Waals surface area contributed by atoms with E-state index in [1.54, 1.807) is 0 Å². The first-order chi connectivity index (χ1) is 6.47. The molecule has 84 valence electrons. The van der Waals surface area contributed by atoms with Gasteiger partial charge in [0, 0.05) is 5.54 Å². The summed E-state index contributed by atoms with van der Waals surface area (Å²) in [6.07, 6.45) is 6.01. The minimum atomic E-state index is 0.232. The van der Waals surface area contributed by atoms with Gasteiger partial charge in [0.05, 0.1) is 12.2 Å². The number of ether oxygens (including phenoxy) is 1. The lowest BCUT2D eigenvalue weighted by atomic mass is 9.96. The van der Waals surface area contributed by atoms with E-state index in [1.807, 2.05) is 0 Å². The Labute approximate surface area is 88.4 Å². The molecule has 0 saturated heterocycles. The first kappa shape index (κ1) is 12.0. The van der Waals surface area contributed by atoms with Gasteiger partial charge in [0.15, 0.2) is 0 Å². The first-order valence-corrected chi connectivity index (χ1v) is 5.88. The predicted molar refractivity (Wildman–Crippen MR) is 60.6 cm³/mol. The number of hydrogen-bond donors (Lipinski definition) is 1. The summed E-state index contributed by atoms with van der Waals surface area (Å²) in [5, 5.41) is 3.48. The van der Waals surface area contributed by atoms with E-state index in [9.17, 15) is 0 Å². The molecule has 0 heterocycles. The standard InChI is InChI=1S/C12H25NO/c1-10(14-11-6-5-7-11)8-9-13-12(2,3)4/h10-11,13H,5-9H2,1-4H3. The SMILES string of the molecule is CC(CCNC(C)(C)C)OC1CCC1. The van der Waals surface area contributed by atoms with Gasteiger partial charge in [0.2, 0.25) is 0 Å². The summed E-state index contributed by atoms with van der Waals surface area (Å²) in [4.78, 5) is 0. The minimum absolute atomic E-state index is 0.232. The zero-order valence-corrected chi connectivity index (χ0v) is 10.1. The van der Waals surface area contributed by atoms with E-state index in [0.29, 0.717) is 12.2 Å². The highest BCUT2D eigenvalue weighted by molar-refractivity contribution is 4.73. The largest absolute Gasteiger partial charge is 0.375 e. The molecular formula is C12H25NO. The van der Waals surface area contributed by atoms with Crippen LogP contribution < -0.4 is 5.32 Å². The van der Waals surface area contributed by atoms with E-state index in [4.69, 9.17) is 4.74 Å². The molecule has 1 fully saturated rings. The van der Waals surface area contributed by atoms with Crippen molar-refractivity contribution in [1.29, 1.82) is 0 Å². The van der Waals surface area contributed by atoms with Gasteiger partial charge >= 0.3 is 0 Å². The van der Waals surface area contributed by atoms with E-state index in [2.05, 4.69) is 33.0 Å². The Kier molecular flexibility index (Phi) is 4.39. The van der Waals surface area contributed by atoms with E-state index in [-0.39, 0.29) is 5.54 Å². The summed E-state index contributed by atoms with van der Waals surface area (Å²) >= 11 is 0. The molecule has 2 nitrogen and oxygen atoms in total. The van der Waals surface area contributed by atoms with Gasteiger partial charge in [-0.1, -0.05) is 0 Å². The molecule has 1 saturated carbocycles. The molecular weight excluding hydrogens is 174 g/mol. The maximum absolute atomic E-state index is 5.86. The fraction of sp³-hybridized carbons (Fsp3) is 1.00. The molecule has 1 rings (SSSR count). The van der Waals surface area contributed by atoms with Crippen LogP contribution in [0, 0.1) is 0 Å². The zero-order chi connectivity index (χ0) is 10.6. The molecule has 1 aliphatic carbocycles. The van der Waals surface area contributed by atoms with Gasteiger partial charge < -0.3 is 10.1 Å². The van der Waals surface area contributed by atoms with Crippen molar-refractivity contribution in [3.63, 3.8) is 0 Å². The third-order valence-corrected chi connectivity index (χ3v) is 2.68. The van der Waals surface area contributed by atoms with Crippen LogP contribution in [0.3, 0.4) is 0 Å². The number of nitrogens with one attached hydrogen (secondary N) is 1. The van der Waals surface area contributed by atoms with E-state index in [1.165, 1.54) is 19.3 Å². The molecule has 14 heavy (non-hydrogen) atoms. The molecule has 0 aromatic carbocycles. The Morgan fingerprint density at radius 1 is 1.36 bits per heavy atom. The summed E-state index contributed by atoms with van der Waals surface area (Å²) in [5.41, 5.74) is 0.232. The van der Waals surface area contributed by atoms with Crippen LogP contribution in [-0.2, 0) is 4.74 Å². The predicted octanol–water partition coefficient (Wildman–Crippen LogP) is 2.72. The molecule has 0 spiro atoms. The molecule has 1 aliphatic rings. The van der Waals surface area contributed by atoms with Crippen LogP contribution in [0.25, 0.3) is 0 Å². The Morgan fingerprint density at radius 3 is 2.43 bits per heavy atom. The Balaban J connectivity index is 1.99. The lowest BCUT2D eigenvalue weighted by molar-refractivity contribution is -0.0459. The molecule has 1 N–H and O–H groups in total. The van der Waals surface area contributed by atoms with Crippen molar-refractivity contribution in [3.05, 3.63) is 0 Å². The van der Waals surface area contributed by atoms with Crippen molar-refractivity contribution in [2.75, 3.05) is 6.54 Å². The molecule has 0 aromatic heterocycles. The highest BCUT2D eigenvalue weighted by Gasteiger charge is 2.20. The molecule has 0 aliphatic heterocycles. The average Bonchev–Trinajstić information content (AvgIpc) is 1.94. The van der Waals surface area contributed by atoms with Crippen LogP contribution in [0.5, 0.6) is 0 Å². The van der Waals surface area contributed by atoms with Crippen molar-refractivity contribution in [3.8, 4) is 0 Å². The van der Waals surface area contributed by atoms with Crippen LogP contribution in [0.1, 0.15) is 53.4 Å². The average molecular weight is 199 g/mol. The fourth-order valence-corrected chi connectivity index (χ4v) is 1.55. The zero-order valence-electron chi connectivity index (χ0n) is 10.1. The summed E-state index contributed by atoms with van der Waals surface area (Å²) in [6, 6.07) is 0. The van der Waals surface area contributed by atoms with Gasteiger partial charge in [0.1, 0.15) is 0 Å². The van der Waals surface area contributed by atoms with Gasteiger partial charge in [-0.3, -0.25) is 0 Å². The minimum Gasteiger partial charge on any atom is -0.375 e. The van der Waals surface area contributed by atoms with Gasteiger partial charge in [-0.2, -0.15) is 0 Å². The van der Waals surface area contributed by atoms with Crippen molar-refractivity contribution < 1.29 is 4.74 Å². The van der Waals surface area contributed by atoms with E-state index >= 15 is 0 Å². The number of hydrogen-bond acceptors (Lipinski definition) is 2. The number of rotatable bonds is 5. The third kappa shape index (κ3) is 4.97.